The quantitative estimate of drug-likeness (QED) is 0.735. The standard InChI is InChI=1S/C24H30N2O3/c1-18-7-9-19(10-8-18)5-4-6-24(27)25-16-21(26-13-2-3-14-26)20-11-12-22-23(15-20)29-17-28-22/h7-12,15,21H,2-6,13-14,16-17H2,1H3,(H,25,27). The van der Waals surface area contributed by atoms with Gasteiger partial charge in [-0.2, -0.15) is 0 Å². The molecule has 2 aliphatic heterocycles. The number of carbonyl (C=O) groups excluding carboxylic acids is 1. The number of nitrogens with one attached hydrogen (secondary N) is 1. The molecule has 2 heterocycles. The number of rotatable bonds is 8. The van der Waals surface area contributed by atoms with E-state index in [0.29, 0.717) is 13.0 Å². The van der Waals surface area contributed by atoms with Crippen LogP contribution in [0.25, 0.3) is 0 Å². The van der Waals surface area contributed by atoms with Crippen LogP contribution in [0.1, 0.15) is 48.4 Å². The van der Waals surface area contributed by atoms with Gasteiger partial charge in [0.25, 0.3) is 0 Å². The molecule has 0 bridgehead atoms. The van der Waals surface area contributed by atoms with E-state index in [9.17, 15) is 4.79 Å². The highest BCUT2D eigenvalue weighted by molar-refractivity contribution is 5.75. The number of aryl methyl sites for hydroxylation is 2. The fraction of sp³-hybridized carbons (Fsp3) is 0.458. The fourth-order valence-corrected chi connectivity index (χ4v) is 4.14. The molecule has 1 amide bonds. The Balaban J connectivity index is 1.31. The van der Waals surface area contributed by atoms with E-state index in [1.165, 1.54) is 29.5 Å². The molecule has 4 rings (SSSR count). The minimum atomic E-state index is 0.127. The van der Waals surface area contributed by atoms with Gasteiger partial charge in [0.1, 0.15) is 0 Å². The van der Waals surface area contributed by atoms with Crippen LogP contribution in [0, 0.1) is 6.92 Å². The van der Waals surface area contributed by atoms with Crippen LogP contribution in [0.2, 0.25) is 0 Å². The molecule has 5 heteroatoms. The molecule has 5 nitrogen and oxygen atoms in total. The number of nitrogens with zero attached hydrogens (tertiary/aromatic N) is 1. The van der Waals surface area contributed by atoms with Crippen molar-refractivity contribution in [3.05, 3.63) is 59.2 Å². The first kappa shape index (κ1) is 19.8. The summed E-state index contributed by atoms with van der Waals surface area (Å²) in [4.78, 5) is 14.9. The Bertz CT molecular complexity index is 829. The Morgan fingerprint density at radius 2 is 1.83 bits per heavy atom. The Morgan fingerprint density at radius 3 is 2.62 bits per heavy atom. The fourth-order valence-electron chi connectivity index (χ4n) is 4.14. The Morgan fingerprint density at radius 1 is 1.07 bits per heavy atom. The predicted molar refractivity (Wildman–Crippen MR) is 113 cm³/mol. The third-order valence-corrected chi connectivity index (χ3v) is 5.85. The third kappa shape index (κ3) is 5.10. The molecule has 0 aliphatic carbocycles. The molecule has 1 atom stereocenters. The highest BCUT2D eigenvalue weighted by atomic mass is 16.7. The van der Waals surface area contributed by atoms with Crippen molar-refractivity contribution < 1.29 is 14.3 Å². The second-order valence-electron chi connectivity index (χ2n) is 8.01. The highest BCUT2D eigenvalue weighted by Crippen LogP contribution is 2.36. The van der Waals surface area contributed by atoms with Crippen molar-refractivity contribution in [2.45, 2.75) is 45.1 Å². The summed E-state index contributed by atoms with van der Waals surface area (Å²) in [7, 11) is 0. The first-order chi connectivity index (χ1) is 14.2. The largest absolute Gasteiger partial charge is 0.454 e. The number of likely N-dealkylation sites (tertiary alicyclic amines) is 1. The van der Waals surface area contributed by atoms with Gasteiger partial charge in [-0.3, -0.25) is 9.69 Å². The lowest BCUT2D eigenvalue weighted by molar-refractivity contribution is -0.121. The first-order valence-electron chi connectivity index (χ1n) is 10.6. The van der Waals surface area contributed by atoms with Gasteiger partial charge in [-0.05, 0) is 69.0 Å². The minimum absolute atomic E-state index is 0.127. The SMILES string of the molecule is Cc1ccc(CCCC(=O)NCC(c2ccc3c(c2)OCO3)N2CCCC2)cc1. The minimum Gasteiger partial charge on any atom is -0.454 e. The molecular formula is C24H30N2O3. The molecule has 29 heavy (non-hydrogen) atoms. The van der Waals surface area contributed by atoms with Crippen LogP contribution in [0.15, 0.2) is 42.5 Å². The number of fused-ring (bicyclic) bond motifs is 1. The molecule has 0 spiro atoms. The van der Waals surface area contributed by atoms with Crippen molar-refractivity contribution in [2.24, 2.45) is 0 Å². The van der Waals surface area contributed by atoms with Gasteiger partial charge >= 0.3 is 0 Å². The topological polar surface area (TPSA) is 50.8 Å². The zero-order valence-corrected chi connectivity index (χ0v) is 17.2. The summed E-state index contributed by atoms with van der Waals surface area (Å²) < 4.78 is 11.0. The number of hydrogen-bond donors (Lipinski definition) is 1. The van der Waals surface area contributed by atoms with Crippen LogP contribution >= 0.6 is 0 Å². The second-order valence-corrected chi connectivity index (χ2v) is 8.01. The number of benzene rings is 2. The van der Waals surface area contributed by atoms with Crippen LogP contribution in [0.3, 0.4) is 0 Å². The summed E-state index contributed by atoms with van der Waals surface area (Å²) in [6.45, 7) is 5.15. The smallest absolute Gasteiger partial charge is 0.231 e. The van der Waals surface area contributed by atoms with E-state index in [1.54, 1.807) is 0 Å². The van der Waals surface area contributed by atoms with E-state index in [4.69, 9.17) is 9.47 Å². The van der Waals surface area contributed by atoms with E-state index in [2.05, 4.69) is 53.5 Å². The maximum Gasteiger partial charge on any atom is 0.231 e. The lowest BCUT2D eigenvalue weighted by Crippen LogP contribution is -2.36. The van der Waals surface area contributed by atoms with Gasteiger partial charge in [-0.25, -0.2) is 0 Å². The predicted octanol–water partition coefficient (Wildman–Crippen LogP) is 4.00. The molecule has 0 saturated carbocycles. The van der Waals surface area contributed by atoms with Gasteiger partial charge in [0, 0.05) is 13.0 Å². The summed E-state index contributed by atoms with van der Waals surface area (Å²) in [6.07, 6.45) is 4.79. The lowest BCUT2D eigenvalue weighted by Gasteiger charge is -2.28. The summed E-state index contributed by atoms with van der Waals surface area (Å²) in [5, 5.41) is 3.17. The van der Waals surface area contributed by atoms with Gasteiger partial charge in [0.15, 0.2) is 11.5 Å². The molecule has 2 aromatic carbocycles. The molecule has 0 radical (unpaired) electrons. The van der Waals surface area contributed by atoms with Crippen molar-refractivity contribution in [2.75, 3.05) is 26.4 Å². The Labute approximate surface area is 173 Å². The van der Waals surface area contributed by atoms with E-state index in [0.717, 1.165) is 37.4 Å². The Hall–Kier alpha value is -2.53. The van der Waals surface area contributed by atoms with Crippen molar-refractivity contribution >= 4 is 5.91 Å². The van der Waals surface area contributed by atoms with Gasteiger partial charge < -0.3 is 14.8 Å². The highest BCUT2D eigenvalue weighted by Gasteiger charge is 2.26. The first-order valence-corrected chi connectivity index (χ1v) is 10.6. The van der Waals surface area contributed by atoms with E-state index in [-0.39, 0.29) is 18.7 Å². The average Bonchev–Trinajstić information content (AvgIpc) is 3.41. The van der Waals surface area contributed by atoms with E-state index in [1.807, 2.05) is 6.07 Å². The summed E-state index contributed by atoms with van der Waals surface area (Å²) >= 11 is 0. The second kappa shape index (κ2) is 9.31. The summed E-state index contributed by atoms with van der Waals surface area (Å²) in [5.41, 5.74) is 3.73. The van der Waals surface area contributed by atoms with Crippen LogP contribution in [0.5, 0.6) is 11.5 Å². The van der Waals surface area contributed by atoms with Crippen molar-refractivity contribution in [1.29, 1.82) is 0 Å². The zero-order chi connectivity index (χ0) is 20.1. The summed E-state index contributed by atoms with van der Waals surface area (Å²) in [5.74, 6) is 1.73. The van der Waals surface area contributed by atoms with E-state index < -0.39 is 0 Å². The van der Waals surface area contributed by atoms with E-state index >= 15 is 0 Å². The van der Waals surface area contributed by atoms with Crippen LogP contribution in [0.4, 0.5) is 0 Å². The normalized spacial score (nSPS) is 16.7. The molecule has 2 aliphatic rings. The number of hydrogen-bond acceptors (Lipinski definition) is 4. The molecule has 1 unspecified atom stereocenters. The lowest BCUT2D eigenvalue weighted by atomic mass is 10.0. The number of carbonyl (C=O) groups is 1. The number of ether oxygens (including phenoxy) is 2. The van der Waals surface area contributed by atoms with Crippen LogP contribution < -0.4 is 14.8 Å². The van der Waals surface area contributed by atoms with Crippen molar-refractivity contribution in [1.82, 2.24) is 10.2 Å². The Kier molecular flexibility index (Phi) is 6.35. The van der Waals surface area contributed by atoms with Crippen LogP contribution in [-0.4, -0.2) is 37.2 Å². The van der Waals surface area contributed by atoms with Crippen molar-refractivity contribution in [3.8, 4) is 11.5 Å². The van der Waals surface area contributed by atoms with Gasteiger partial charge in [0.05, 0.1) is 6.04 Å². The molecule has 1 saturated heterocycles. The monoisotopic (exact) mass is 394 g/mol. The molecule has 0 aromatic heterocycles. The maximum atomic E-state index is 12.5. The molecular weight excluding hydrogens is 364 g/mol. The van der Waals surface area contributed by atoms with Gasteiger partial charge in [-0.1, -0.05) is 35.9 Å². The summed E-state index contributed by atoms with van der Waals surface area (Å²) in [6, 6.07) is 14.9. The maximum absolute atomic E-state index is 12.5. The number of amides is 1. The molecule has 1 N–H and O–H groups in total. The third-order valence-electron chi connectivity index (χ3n) is 5.85. The molecule has 2 aromatic rings. The molecule has 154 valence electrons. The average molecular weight is 395 g/mol. The van der Waals surface area contributed by atoms with Crippen LogP contribution in [-0.2, 0) is 11.2 Å². The van der Waals surface area contributed by atoms with Crippen molar-refractivity contribution in [3.63, 3.8) is 0 Å². The van der Waals surface area contributed by atoms with Gasteiger partial charge in [0.2, 0.25) is 12.7 Å². The molecule has 1 fully saturated rings. The van der Waals surface area contributed by atoms with Gasteiger partial charge in [-0.15, -0.1) is 0 Å². The zero-order valence-electron chi connectivity index (χ0n) is 17.2.